The van der Waals surface area contributed by atoms with Gasteiger partial charge in [-0.1, -0.05) is 29.3 Å². The van der Waals surface area contributed by atoms with Crippen LogP contribution >= 0.6 is 23.2 Å². The van der Waals surface area contributed by atoms with Crippen molar-refractivity contribution in [3.8, 4) is 0 Å². The molecule has 2 aromatic rings. The van der Waals surface area contributed by atoms with Crippen LogP contribution in [0.4, 0.5) is 0 Å². The van der Waals surface area contributed by atoms with Gasteiger partial charge in [-0.2, -0.15) is 0 Å². The minimum absolute atomic E-state index is 0.0793. The number of amides is 1. The van der Waals surface area contributed by atoms with Crippen LogP contribution in [0, 0.1) is 0 Å². The van der Waals surface area contributed by atoms with Crippen molar-refractivity contribution in [3.63, 3.8) is 0 Å². The average molecular weight is 328 g/mol. The molecule has 0 saturated heterocycles. The summed E-state index contributed by atoms with van der Waals surface area (Å²) in [6.07, 6.45) is 1.01. The quantitative estimate of drug-likeness (QED) is 0.895. The number of benzene rings is 1. The molecule has 0 aliphatic carbocycles. The molecule has 2 N–H and O–H groups in total. The summed E-state index contributed by atoms with van der Waals surface area (Å²) >= 11 is 11.9. The lowest BCUT2D eigenvalue weighted by Gasteiger charge is -2.15. The molecule has 2 rings (SSSR count). The first kappa shape index (κ1) is 15.4. The number of rotatable bonds is 4. The Labute approximate surface area is 130 Å². The molecule has 0 aliphatic rings. The van der Waals surface area contributed by atoms with Crippen LogP contribution in [0.25, 0.3) is 0 Å². The third-order valence-corrected chi connectivity index (χ3v) is 3.41. The van der Waals surface area contributed by atoms with Crippen LogP contribution in [0.15, 0.2) is 34.9 Å². The van der Waals surface area contributed by atoms with Gasteiger partial charge in [0.05, 0.1) is 11.6 Å². The first-order valence-electron chi connectivity index (χ1n) is 5.96. The van der Waals surface area contributed by atoms with Crippen molar-refractivity contribution in [2.75, 3.05) is 0 Å². The largest absolute Gasteiger partial charge is 0.478 e. The maximum absolute atomic E-state index is 12.0. The van der Waals surface area contributed by atoms with E-state index < -0.39 is 11.9 Å². The van der Waals surface area contributed by atoms with E-state index >= 15 is 0 Å². The minimum Gasteiger partial charge on any atom is -0.478 e. The van der Waals surface area contributed by atoms with Gasteiger partial charge in [0, 0.05) is 16.1 Å². The second kappa shape index (κ2) is 6.20. The summed E-state index contributed by atoms with van der Waals surface area (Å²) in [5, 5.41) is 12.4. The standard InChI is InChI=1S/C14H11Cl2NO4/c1-7(10-3-2-9(15)5-11(10)16)17-13(18)12-4-8(6-21-12)14(19)20/h2-7H,1H3,(H,17,18)(H,19,20). The molecular weight excluding hydrogens is 317 g/mol. The molecule has 5 nitrogen and oxygen atoms in total. The van der Waals surface area contributed by atoms with Crippen molar-refractivity contribution in [3.05, 3.63) is 57.5 Å². The Morgan fingerprint density at radius 1 is 1.29 bits per heavy atom. The van der Waals surface area contributed by atoms with Crippen LogP contribution < -0.4 is 5.32 Å². The highest BCUT2D eigenvalue weighted by molar-refractivity contribution is 6.35. The van der Waals surface area contributed by atoms with Gasteiger partial charge in [0.15, 0.2) is 5.76 Å². The number of carbonyl (C=O) groups excluding carboxylic acids is 1. The van der Waals surface area contributed by atoms with Crippen molar-refractivity contribution in [2.24, 2.45) is 0 Å². The molecule has 1 aromatic heterocycles. The number of aromatic carboxylic acids is 1. The van der Waals surface area contributed by atoms with Gasteiger partial charge in [-0.3, -0.25) is 4.79 Å². The van der Waals surface area contributed by atoms with Gasteiger partial charge in [0.2, 0.25) is 0 Å². The van der Waals surface area contributed by atoms with E-state index in [4.69, 9.17) is 32.7 Å². The average Bonchev–Trinajstić information content (AvgIpc) is 2.88. The molecular formula is C14H11Cl2NO4. The van der Waals surface area contributed by atoms with E-state index in [0.717, 1.165) is 12.3 Å². The smallest absolute Gasteiger partial charge is 0.338 e. The van der Waals surface area contributed by atoms with Crippen molar-refractivity contribution >= 4 is 35.1 Å². The molecule has 1 atom stereocenters. The molecule has 1 unspecified atom stereocenters. The van der Waals surface area contributed by atoms with E-state index in [1.54, 1.807) is 25.1 Å². The lowest BCUT2D eigenvalue weighted by molar-refractivity contribution is 0.0695. The van der Waals surface area contributed by atoms with E-state index in [1.807, 2.05) is 0 Å². The lowest BCUT2D eigenvalue weighted by Crippen LogP contribution is -2.26. The van der Waals surface area contributed by atoms with Gasteiger partial charge < -0.3 is 14.8 Å². The number of carbonyl (C=O) groups is 2. The SMILES string of the molecule is CC(NC(=O)c1cc(C(=O)O)co1)c1ccc(Cl)cc1Cl. The molecule has 0 spiro atoms. The third-order valence-electron chi connectivity index (χ3n) is 2.85. The third kappa shape index (κ3) is 3.56. The van der Waals surface area contributed by atoms with Gasteiger partial charge >= 0.3 is 5.97 Å². The number of halogens is 2. The molecule has 0 radical (unpaired) electrons. The minimum atomic E-state index is -1.16. The summed E-state index contributed by atoms with van der Waals surface area (Å²) in [6.45, 7) is 1.74. The van der Waals surface area contributed by atoms with E-state index in [9.17, 15) is 9.59 Å². The maximum Gasteiger partial charge on any atom is 0.338 e. The predicted octanol–water partition coefficient (Wildman–Crippen LogP) is 3.78. The Balaban J connectivity index is 2.12. The molecule has 0 fully saturated rings. The number of nitrogens with one attached hydrogen (secondary N) is 1. The number of hydrogen-bond acceptors (Lipinski definition) is 3. The number of furan rings is 1. The fourth-order valence-electron chi connectivity index (χ4n) is 1.77. The van der Waals surface area contributed by atoms with E-state index in [0.29, 0.717) is 15.6 Å². The van der Waals surface area contributed by atoms with E-state index in [1.165, 1.54) is 0 Å². The summed E-state index contributed by atoms with van der Waals surface area (Å²) in [6, 6.07) is 5.73. The van der Waals surface area contributed by atoms with E-state index in [2.05, 4.69) is 5.32 Å². The summed E-state index contributed by atoms with van der Waals surface area (Å²) in [4.78, 5) is 22.7. The van der Waals surface area contributed by atoms with Crippen molar-refractivity contribution in [2.45, 2.75) is 13.0 Å². The molecule has 110 valence electrons. The topological polar surface area (TPSA) is 79.5 Å². The van der Waals surface area contributed by atoms with Crippen molar-refractivity contribution < 1.29 is 19.1 Å². The zero-order chi connectivity index (χ0) is 15.6. The van der Waals surface area contributed by atoms with Crippen LogP contribution in [0.3, 0.4) is 0 Å². The van der Waals surface area contributed by atoms with Gasteiger partial charge in [0.1, 0.15) is 6.26 Å². The first-order valence-corrected chi connectivity index (χ1v) is 6.71. The molecule has 1 aromatic carbocycles. The monoisotopic (exact) mass is 327 g/mol. The van der Waals surface area contributed by atoms with Gasteiger partial charge in [0.25, 0.3) is 5.91 Å². The number of carboxylic acids is 1. The zero-order valence-corrected chi connectivity index (χ0v) is 12.4. The summed E-state index contributed by atoms with van der Waals surface area (Å²) in [5.41, 5.74) is 0.608. The molecule has 1 heterocycles. The Hall–Kier alpha value is -1.98. The zero-order valence-electron chi connectivity index (χ0n) is 10.9. The summed E-state index contributed by atoms with van der Waals surface area (Å²) < 4.78 is 4.93. The van der Waals surface area contributed by atoms with Gasteiger partial charge in [-0.25, -0.2) is 4.79 Å². The fraction of sp³-hybridized carbons (Fsp3) is 0.143. The second-order valence-corrected chi connectivity index (χ2v) is 5.21. The molecule has 7 heteroatoms. The number of hydrogen-bond donors (Lipinski definition) is 2. The summed E-state index contributed by atoms with van der Waals surface area (Å²) in [7, 11) is 0. The van der Waals surface area contributed by atoms with Crippen LogP contribution in [0.5, 0.6) is 0 Å². The Morgan fingerprint density at radius 3 is 2.57 bits per heavy atom. The molecule has 0 bridgehead atoms. The van der Waals surface area contributed by atoms with Crippen LogP contribution in [0.1, 0.15) is 39.4 Å². The Bertz CT molecular complexity index is 696. The highest BCUT2D eigenvalue weighted by Crippen LogP contribution is 2.26. The lowest BCUT2D eigenvalue weighted by atomic mass is 10.1. The highest BCUT2D eigenvalue weighted by Gasteiger charge is 2.18. The van der Waals surface area contributed by atoms with Crippen molar-refractivity contribution in [1.29, 1.82) is 0 Å². The van der Waals surface area contributed by atoms with E-state index in [-0.39, 0.29) is 17.4 Å². The van der Waals surface area contributed by atoms with Gasteiger partial charge in [-0.15, -0.1) is 0 Å². The Morgan fingerprint density at radius 2 is 2.00 bits per heavy atom. The normalized spacial score (nSPS) is 12.0. The number of carboxylic acid groups (broad SMARTS) is 1. The Kier molecular flexibility index (Phi) is 4.55. The molecule has 0 saturated carbocycles. The molecule has 0 aliphatic heterocycles. The van der Waals surface area contributed by atoms with Crippen LogP contribution in [-0.4, -0.2) is 17.0 Å². The fourth-order valence-corrected chi connectivity index (χ4v) is 2.34. The second-order valence-electron chi connectivity index (χ2n) is 4.37. The highest BCUT2D eigenvalue weighted by atomic mass is 35.5. The molecule has 1 amide bonds. The molecule has 21 heavy (non-hydrogen) atoms. The first-order chi connectivity index (χ1) is 9.88. The van der Waals surface area contributed by atoms with Gasteiger partial charge in [-0.05, 0) is 24.6 Å². The summed E-state index contributed by atoms with van der Waals surface area (Å²) in [5.74, 6) is -1.77. The predicted molar refractivity (Wildman–Crippen MR) is 78.0 cm³/mol. The van der Waals surface area contributed by atoms with Crippen LogP contribution in [0.2, 0.25) is 10.0 Å². The maximum atomic E-state index is 12.0. The van der Waals surface area contributed by atoms with Crippen LogP contribution in [-0.2, 0) is 0 Å². The van der Waals surface area contributed by atoms with Crippen molar-refractivity contribution in [1.82, 2.24) is 5.32 Å².